The molecule has 0 saturated heterocycles. The number of nitrogens with two attached hydrogens (primary N) is 2. The summed E-state index contributed by atoms with van der Waals surface area (Å²) in [5.41, 5.74) is 12.5. The van der Waals surface area contributed by atoms with Gasteiger partial charge in [0.25, 0.3) is 5.92 Å². The van der Waals surface area contributed by atoms with Gasteiger partial charge in [0.2, 0.25) is 5.95 Å². The smallest absolute Gasteiger partial charge is 0.475 e. The predicted molar refractivity (Wildman–Crippen MR) is 94.8 cm³/mol. The van der Waals surface area contributed by atoms with E-state index < -0.39 is 18.1 Å². The van der Waals surface area contributed by atoms with Crippen LogP contribution in [0, 0.1) is 0 Å². The Morgan fingerprint density at radius 1 is 1.36 bits per heavy atom. The van der Waals surface area contributed by atoms with Crippen molar-refractivity contribution in [3.63, 3.8) is 0 Å². The number of nitrogen functional groups attached to an aromatic ring is 1. The van der Waals surface area contributed by atoms with Crippen molar-refractivity contribution in [2.45, 2.75) is 31.4 Å². The fourth-order valence-electron chi connectivity index (χ4n) is 2.66. The maximum absolute atomic E-state index is 13.7. The van der Waals surface area contributed by atoms with Crippen molar-refractivity contribution in [2.75, 3.05) is 30.8 Å². The zero-order chi connectivity index (χ0) is 21.3. The Kier molecular flexibility index (Phi) is 6.28. The third kappa shape index (κ3) is 4.95. The zero-order valence-corrected chi connectivity index (χ0v) is 15.5. The van der Waals surface area contributed by atoms with Gasteiger partial charge in [-0.1, -0.05) is 0 Å². The maximum Gasteiger partial charge on any atom is 0.490 e. The van der Waals surface area contributed by atoms with E-state index in [1.807, 2.05) is 11.9 Å². The van der Waals surface area contributed by atoms with Crippen LogP contribution in [0.4, 0.5) is 33.7 Å². The summed E-state index contributed by atoms with van der Waals surface area (Å²) in [4.78, 5) is 20.2. The second-order valence-corrected chi connectivity index (χ2v) is 7.24. The first-order valence-electron chi connectivity index (χ1n) is 8.02. The summed E-state index contributed by atoms with van der Waals surface area (Å²) < 4.78 is 59.9. The minimum Gasteiger partial charge on any atom is -0.475 e. The van der Waals surface area contributed by atoms with E-state index in [9.17, 15) is 22.0 Å². The normalized spacial score (nSPS) is 15.5. The molecule has 0 amide bonds. The standard InChI is InChI=1S/C13H17F2N5S.C2HF3O2/c1-20(5-4-16)11-10-9(18-12(17)19-11)7-6-13(14,15)3-2-8(7)21-10;3-2(4,5)1(6)7/h2-6,16H2,1H3,(H2,17,18,19);(H,6,7). The summed E-state index contributed by atoms with van der Waals surface area (Å²) in [7, 11) is 1.86. The molecule has 5 N–H and O–H groups in total. The summed E-state index contributed by atoms with van der Waals surface area (Å²) in [5.74, 6) is -4.64. The largest absolute Gasteiger partial charge is 0.490 e. The molecule has 28 heavy (non-hydrogen) atoms. The van der Waals surface area contributed by atoms with Gasteiger partial charge in [-0.3, -0.25) is 0 Å². The van der Waals surface area contributed by atoms with Crippen LogP contribution in [0.5, 0.6) is 0 Å². The van der Waals surface area contributed by atoms with Crippen LogP contribution in [0.1, 0.15) is 16.9 Å². The van der Waals surface area contributed by atoms with Crippen LogP contribution < -0.4 is 16.4 Å². The number of anilines is 2. The third-order valence-corrected chi connectivity index (χ3v) is 5.21. The van der Waals surface area contributed by atoms with Crippen molar-refractivity contribution in [3.8, 4) is 0 Å². The molecule has 2 aromatic heterocycles. The second-order valence-electron chi connectivity index (χ2n) is 6.13. The molecular weight excluding hydrogens is 409 g/mol. The van der Waals surface area contributed by atoms with Crippen LogP contribution in [0.2, 0.25) is 0 Å². The van der Waals surface area contributed by atoms with Crippen LogP contribution in [0.25, 0.3) is 10.2 Å². The number of alkyl halides is 5. The molecule has 1 aliphatic rings. The number of halogens is 5. The van der Waals surface area contributed by atoms with E-state index in [2.05, 4.69) is 9.97 Å². The average molecular weight is 427 g/mol. The summed E-state index contributed by atoms with van der Waals surface area (Å²) in [6.45, 7) is 1.09. The fraction of sp³-hybridized carbons (Fsp3) is 0.533. The Hall–Kier alpha value is -2.28. The molecule has 1 aliphatic carbocycles. The Labute approximate surface area is 160 Å². The maximum atomic E-state index is 13.7. The zero-order valence-electron chi connectivity index (χ0n) is 14.7. The Balaban J connectivity index is 0.000000345. The lowest BCUT2D eigenvalue weighted by molar-refractivity contribution is -0.192. The molecule has 0 saturated carbocycles. The quantitative estimate of drug-likeness (QED) is 0.644. The Bertz CT molecular complexity index is 871. The highest BCUT2D eigenvalue weighted by molar-refractivity contribution is 7.19. The van der Waals surface area contributed by atoms with Crippen LogP contribution in [-0.2, 0) is 17.6 Å². The van der Waals surface area contributed by atoms with Gasteiger partial charge in [-0.25, -0.2) is 18.6 Å². The first-order chi connectivity index (χ1) is 12.9. The third-order valence-electron chi connectivity index (χ3n) is 3.93. The number of thiophene rings is 1. The number of rotatable bonds is 3. The molecule has 0 spiro atoms. The first-order valence-corrected chi connectivity index (χ1v) is 8.84. The lowest BCUT2D eigenvalue weighted by Gasteiger charge is -2.21. The highest BCUT2D eigenvalue weighted by Gasteiger charge is 2.38. The van der Waals surface area contributed by atoms with Gasteiger partial charge in [-0.2, -0.15) is 18.2 Å². The predicted octanol–water partition coefficient (Wildman–Crippen LogP) is 2.43. The molecule has 0 aliphatic heterocycles. The number of nitrogens with zero attached hydrogens (tertiary/aromatic N) is 3. The summed E-state index contributed by atoms with van der Waals surface area (Å²) >= 11 is 1.49. The van der Waals surface area contributed by atoms with E-state index in [1.54, 1.807) is 0 Å². The number of fused-ring (bicyclic) bond motifs is 3. The number of likely N-dealkylation sites (N-methyl/N-ethyl adjacent to an activating group) is 1. The van der Waals surface area contributed by atoms with Crippen molar-refractivity contribution in [3.05, 3.63) is 10.4 Å². The summed E-state index contributed by atoms with van der Waals surface area (Å²) in [6, 6.07) is 0. The van der Waals surface area contributed by atoms with Gasteiger partial charge in [0.05, 0.1) is 10.2 Å². The van der Waals surface area contributed by atoms with E-state index >= 15 is 0 Å². The van der Waals surface area contributed by atoms with Crippen LogP contribution in [-0.4, -0.2) is 53.3 Å². The SMILES string of the molecule is CN(CCN)c1nc(N)nc2c3c(sc12)CCC(F)(F)C3.O=C(O)C(F)(F)F. The van der Waals surface area contributed by atoms with Gasteiger partial charge >= 0.3 is 12.1 Å². The topological polar surface area (TPSA) is 118 Å². The molecule has 0 radical (unpaired) electrons. The van der Waals surface area contributed by atoms with E-state index in [0.717, 1.165) is 9.58 Å². The minimum absolute atomic E-state index is 0.107. The molecule has 2 heterocycles. The van der Waals surface area contributed by atoms with Gasteiger partial charge in [0.1, 0.15) is 0 Å². The van der Waals surface area contributed by atoms with E-state index in [1.165, 1.54) is 11.3 Å². The van der Waals surface area contributed by atoms with Crippen LogP contribution >= 0.6 is 11.3 Å². The Morgan fingerprint density at radius 3 is 2.50 bits per heavy atom. The van der Waals surface area contributed by atoms with Gasteiger partial charge in [-0.05, 0) is 12.0 Å². The van der Waals surface area contributed by atoms with Crippen molar-refractivity contribution < 1.29 is 31.9 Å². The monoisotopic (exact) mass is 427 g/mol. The lowest BCUT2D eigenvalue weighted by atomic mass is 9.95. The molecule has 0 atom stereocenters. The summed E-state index contributed by atoms with van der Waals surface area (Å²) in [5, 5.41) is 7.12. The number of hydrogen-bond acceptors (Lipinski definition) is 7. The van der Waals surface area contributed by atoms with Gasteiger partial charge in [0.15, 0.2) is 5.82 Å². The number of aryl methyl sites for hydroxylation is 1. The fourth-order valence-corrected chi connectivity index (χ4v) is 3.96. The lowest BCUT2D eigenvalue weighted by Crippen LogP contribution is -2.26. The molecule has 2 aromatic rings. The van der Waals surface area contributed by atoms with Crippen molar-refractivity contribution in [1.82, 2.24) is 9.97 Å². The van der Waals surface area contributed by atoms with Crippen LogP contribution in [0.3, 0.4) is 0 Å². The number of carboxylic acids is 1. The molecule has 7 nitrogen and oxygen atoms in total. The van der Waals surface area contributed by atoms with Crippen molar-refractivity contribution >= 4 is 39.3 Å². The van der Waals surface area contributed by atoms with E-state index in [4.69, 9.17) is 21.4 Å². The van der Waals surface area contributed by atoms with Gasteiger partial charge in [0, 0.05) is 37.9 Å². The number of carboxylic acid groups (broad SMARTS) is 1. The van der Waals surface area contributed by atoms with Crippen LogP contribution in [0.15, 0.2) is 0 Å². The molecular formula is C15H18F5N5O2S. The van der Waals surface area contributed by atoms with E-state index in [-0.39, 0.29) is 18.8 Å². The summed E-state index contributed by atoms with van der Waals surface area (Å²) in [6.07, 6.45) is -5.08. The minimum atomic E-state index is -5.08. The number of aromatic nitrogens is 2. The second kappa shape index (κ2) is 7.99. The first kappa shape index (κ1) is 22.0. The van der Waals surface area contributed by atoms with Gasteiger partial charge < -0.3 is 21.5 Å². The highest BCUT2D eigenvalue weighted by Crippen LogP contribution is 2.43. The van der Waals surface area contributed by atoms with E-state index in [0.29, 0.717) is 36.4 Å². The van der Waals surface area contributed by atoms with Crippen molar-refractivity contribution in [1.29, 1.82) is 0 Å². The molecule has 13 heteroatoms. The Morgan fingerprint density at radius 2 is 1.96 bits per heavy atom. The molecule has 0 fully saturated rings. The molecule has 0 bridgehead atoms. The number of carbonyl (C=O) groups is 1. The molecule has 0 aromatic carbocycles. The highest BCUT2D eigenvalue weighted by atomic mass is 32.1. The molecule has 156 valence electrons. The number of hydrogen-bond donors (Lipinski definition) is 3. The molecule has 0 unspecified atom stereocenters. The van der Waals surface area contributed by atoms with Crippen molar-refractivity contribution in [2.24, 2.45) is 5.73 Å². The molecule has 3 rings (SSSR count). The average Bonchev–Trinajstić information content (AvgIpc) is 2.90. The van der Waals surface area contributed by atoms with Gasteiger partial charge in [-0.15, -0.1) is 11.3 Å². The number of aliphatic carboxylic acids is 1.